The number of rotatable bonds is 3. The third kappa shape index (κ3) is 2.69. The molecule has 2 aromatic carbocycles. The maximum atomic E-state index is 13.2. The smallest absolute Gasteiger partial charge is 0.266 e. The Bertz CT molecular complexity index is 1020. The minimum absolute atomic E-state index is 0.0999. The van der Waals surface area contributed by atoms with E-state index < -0.39 is 17.9 Å². The van der Waals surface area contributed by atoms with E-state index in [4.69, 9.17) is 23.2 Å². The molecule has 2 amide bonds. The number of allylic oxidation sites excluding steroid dienone is 1. The SMILES string of the molecule is CC(=O)C1=C2C(=O)N(c3ccccc3Cl)C(=O)C2N(c2ccc(Cl)cc2)N1. The molecule has 0 saturated carbocycles. The van der Waals surface area contributed by atoms with Crippen LogP contribution < -0.4 is 15.3 Å². The van der Waals surface area contributed by atoms with Gasteiger partial charge in [0.25, 0.3) is 11.8 Å². The number of para-hydroxylation sites is 1. The largest absolute Gasteiger partial charge is 0.293 e. The summed E-state index contributed by atoms with van der Waals surface area (Å²) in [5, 5.41) is 2.30. The Balaban J connectivity index is 1.84. The van der Waals surface area contributed by atoms with Crippen LogP contribution in [0.3, 0.4) is 0 Å². The van der Waals surface area contributed by atoms with E-state index in [0.29, 0.717) is 10.7 Å². The summed E-state index contributed by atoms with van der Waals surface area (Å²) in [6.07, 6.45) is 0. The fraction of sp³-hybridized carbons (Fsp3) is 0.105. The van der Waals surface area contributed by atoms with Crippen molar-refractivity contribution in [3.63, 3.8) is 0 Å². The Kier molecular flexibility index (Phi) is 4.17. The van der Waals surface area contributed by atoms with Crippen LogP contribution in [0.25, 0.3) is 0 Å². The summed E-state index contributed by atoms with van der Waals surface area (Å²) in [7, 11) is 0. The lowest BCUT2D eigenvalue weighted by Crippen LogP contribution is -2.46. The van der Waals surface area contributed by atoms with E-state index in [1.165, 1.54) is 11.9 Å². The van der Waals surface area contributed by atoms with Crippen molar-refractivity contribution in [3.8, 4) is 0 Å². The standard InChI is InChI=1S/C19H13Cl2N3O3/c1-10(25)16-15-17(24(22-16)12-8-6-11(20)7-9-12)19(27)23(18(15)26)14-5-3-2-4-13(14)21/h2-9,17,22H,1H3. The number of benzene rings is 2. The van der Waals surface area contributed by atoms with Gasteiger partial charge in [0, 0.05) is 11.9 Å². The number of carbonyl (C=O) groups excluding carboxylic acids is 3. The lowest BCUT2D eigenvalue weighted by molar-refractivity contribution is -0.121. The maximum Gasteiger partial charge on any atom is 0.266 e. The number of nitrogens with one attached hydrogen (secondary N) is 1. The Morgan fingerprint density at radius 2 is 1.70 bits per heavy atom. The second-order valence-corrected chi connectivity index (χ2v) is 6.98. The van der Waals surface area contributed by atoms with Gasteiger partial charge in [-0.1, -0.05) is 35.3 Å². The molecule has 8 heteroatoms. The maximum absolute atomic E-state index is 13.2. The zero-order chi connectivity index (χ0) is 19.3. The number of nitrogens with zero attached hydrogens (tertiary/aromatic N) is 2. The van der Waals surface area contributed by atoms with Gasteiger partial charge in [-0.25, -0.2) is 4.90 Å². The van der Waals surface area contributed by atoms with Crippen LogP contribution in [0.2, 0.25) is 10.0 Å². The molecule has 1 atom stereocenters. The van der Waals surface area contributed by atoms with Gasteiger partial charge in [0.05, 0.1) is 22.0 Å². The molecule has 1 unspecified atom stereocenters. The first kappa shape index (κ1) is 17.6. The van der Waals surface area contributed by atoms with Crippen molar-refractivity contribution in [3.05, 3.63) is 69.8 Å². The number of hydrogen-bond donors (Lipinski definition) is 1. The van der Waals surface area contributed by atoms with E-state index in [2.05, 4.69) is 5.43 Å². The van der Waals surface area contributed by atoms with Crippen molar-refractivity contribution in [2.24, 2.45) is 0 Å². The summed E-state index contributed by atoms with van der Waals surface area (Å²) in [6.45, 7) is 1.34. The minimum atomic E-state index is -0.964. The number of Topliss-reactive ketones (excluding diaryl/α,β-unsaturated/α-hetero) is 1. The number of anilines is 2. The van der Waals surface area contributed by atoms with E-state index in [1.807, 2.05) is 0 Å². The van der Waals surface area contributed by atoms with E-state index >= 15 is 0 Å². The number of hydrazine groups is 1. The third-order valence-corrected chi connectivity index (χ3v) is 5.04. The van der Waals surface area contributed by atoms with Gasteiger partial charge in [-0.2, -0.15) is 0 Å². The van der Waals surface area contributed by atoms with Crippen LogP contribution >= 0.6 is 23.2 Å². The molecule has 0 radical (unpaired) electrons. The lowest BCUT2D eigenvalue weighted by Gasteiger charge is -2.26. The number of ketones is 1. The first-order valence-corrected chi connectivity index (χ1v) is 8.85. The number of carbonyl (C=O) groups is 3. The van der Waals surface area contributed by atoms with Crippen molar-refractivity contribution in [2.45, 2.75) is 13.0 Å². The number of hydrogen-bond acceptors (Lipinski definition) is 5. The molecule has 0 aromatic heterocycles. The highest BCUT2D eigenvalue weighted by Gasteiger charge is 2.53. The Labute approximate surface area is 164 Å². The minimum Gasteiger partial charge on any atom is -0.293 e. The molecular formula is C19H13Cl2N3O3. The highest BCUT2D eigenvalue weighted by atomic mass is 35.5. The summed E-state index contributed by atoms with van der Waals surface area (Å²) >= 11 is 12.1. The molecule has 27 heavy (non-hydrogen) atoms. The molecule has 0 aliphatic carbocycles. The quantitative estimate of drug-likeness (QED) is 0.800. The molecule has 0 spiro atoms. The van der Waals surface area contributed by atoms with Crippen LogP contribution in [0.5, 0.6) is 0 Å². The molecule has 1 fully saturated rings. The molecular weight excluding hydrogens is 389 g/mol. The van der Waals surface area contributed by atoms with Gasteiger partial charge in [-0.15, -0.1) is 0 Å². The summed E-state index contributed by atoms with van der Waals surface area (Å²) < 4.78 is 0. The summed E-state index contributed by atoms with van der Waals surface area (Å²) in [4.78, 5) is 39.3. The molecule has 136 valence electrons. The average Bonchev–Trinajstić information content (AvgIpc) is 3.15. The van der Waals surface area contributed by atoms with E-state index in [-0.39, 0.29) is 27.8 Å². The van der Waals surface area contributed by atoms with Crippen LogP contribution in [-0.2, 0) is 14.4 Å². The lowest BCUT2D eigenvalue weighted by atomic mass is 10.1. The van der Waals surface area contributed by atoms with E-state index in [1.54, 1.807) is 48.5 Å². The molecule has 2 aliphatic rings. The van der Waals surface area contributed by atoms with Crippen molar-refractivity contribution in [1.82, 2.24) is 5.43 Å². The van der Waals surface area contributed by atoms with Gasteiger partial charge in [0.15, 0.2) is 11.8 Å². The Hall–Kier alpha value is -2.83. The topological polar surface area (TPSA) is 69.7 Å². The number of imide groups is 1. The van der Waals surface area contributed by atoms with Crippen LogP contribution in [0.15, 0.2) is 59.8 Å². The van der Waals surface area contributed by atoms with Gasteiger partial charge in [0.2, 0.25) is 0 Å². The highest BCUT2D eigenvalue weighted by molar-refractivity contribution is 6.39. The Morgan fingerprint density at radius 3 is 2.33 bits per heavy atom. The van der Waals surface area contributed by atoms with Crippen molar-refractivity contribution in [1.29, 1.82) is 0 Å². The van der Waals surface area contributed by atoms with E-state index in [0.717, 1.165) is 4.90 Å². The second kappa shape index (κ2) is 6.40. The first-order chi connectivity index (χ1) is 12.9. The molecule has 2 aromatic rings. The van der Waals surface area contributed by atoms with Crippen LogP contribution in [-0.4, -0.2) is 23.6 Å². The van der Waals surface area contributed by atoms with Crippen molar-refractivity contribution >= 4 is 52.2 Å². The van der Waals surface area contributed by atoms with Crippen LogP contribution in [0, 0.1) is 0 Å². The number of halogens is 2. The monoisotopic (exact) mass is 401 g/mol. The Morgan fingerprint density at radius 1 is 1.04 bits per heavy atom. The highest BCUT2D eigenvalue weighted by Crippen LogP contribution is 2.38. The number of fused-ring (bicyclic) bond motifs is 1. The van der Waals surface area contributed by atoms with Gasteiger partial charge in [0.1, 0.15) is 5.70 Å². The molecule has 1 saturated heterocycles. The second-order valence-electron chi connectivity index (χ2n) is 6.14. The van der Waals surface area contributed by atoms with E-state index in [9.17, 15) is 14.4 Å². The van der Waals surface area contributed by atoms with Crippen LogP contribution in [0.1, 0.15) is 6.92 Å². The summed E-state index contributed by atoms with van der Waals surface area (Å²) in [5.74, 6) is -1.39. The normalized spacial score (nSPS) is 18.9. The third-order valence-electron chi connectivity index (χ3n) is 4.47. The zero-order valence-electron chi connectivity index (χ0n) is 14.1. The molecule has 2 aliphatic heterocycles. The summed E-state index contributed by atoms with van der Waals surface area (Å²) in [5.41, 5.74) is 3.99. The van der Waals surface area contributed by atoms with Gasteiger partial charge in [-0.3, -0.25) is 24.8 Å². The van der Waals surface area contributed by atoms with Gasteiger partial charge in [-0.05, 0) is 36.4 Å². The van der Waals surface area contributed by atoms with Crippen molar-refractivity contribution < 1.29 is 14.4 Å². The van der Waals surface area contributed by atoms with Crippen LogP contribution in [0.4, 0.5) is 11.4 Å². The predicted molar refractivity (Wildman–Crippen MR) is 103 cm³/mol. The summed E-state index contributed by atoms with van der Waals surface area (Å²) in [6, 6.07) is 12.3. The average molecular weight is 402 g/mol. The first-order valence-electron chi connectivity index (χ1n) is 8.09. The van der Waals surface area contributed by atoms with Gasteiger partial charge >= 0.3 is 0 Å². The molecule has 2 heterocycles. The van der Waals surface area contributed by atoms with Crippen molar-refractivity contribution in [2.75, 3.05) is 9.91 Å². The number of amides is 2. The molecule has 0 bridgehead atoms. The molecule has 4 rings (SSSR count). The van der Waals surface area contributed by atoms with Gasteiger partial charge < -0.3 is 0 Å². The molecule has 6 nitrogen and oxygen atoms in total. The predicted octanol–water partition coefficient (Wildman–Crippen LogP) is 3.10. The fourth-order valence-corrected chi connectivity index (χ4v) is 3.60. The molecule has 1 N–H and O–H groups in total. The fourth-order valence-electron chi connectivity index (χ4n) is 3.26. The zero-order valence-corrected chi connectivity index (χ0v) is 15.6.